The van der Waals surface area contributed by atoms with Crippen LogP contribution in [0.15, 0.2) is 36.9 Å². The van der Waals surface area contributed by atoms with Gasteiger partial charge in [-0.05, 0) is 43.2 Å². The van der Waals surface area contributed by atoms with E-state index in [0.717, 1.165) is 0 Å². The number of piperidine rings is 1. The number of carbonyl (C=O) groups excluding carboxylic acids is 1. The Labute approximate surface area is 147 Å². The van der Waals surface area contributed by atoms with Gasteiger partial charge in [-0.15, -0.1) is 6.53 Å². The van der Waals surface area contributed by atoms with Crippen molar-refractivity contribution in [2.45, 2.75) is 36.3 Å². The summed E-state index contributed by atoms with van der Waals surface area (Å²) in [6.07, 6.45) is 2.64. The van der Waals surface area contributed by atoms with Crippen molar-refractivity contribution in [3.63, 3.8) is 0 Å². The SMILES string of the molecule is [2H]C([2H])=C([2H])C([2H])([2H])N1CC[C@]23CC(=O)C=C[C@@]2(O)[C@H]1Cc1ccc(O)c(O)c13. The van der Waals surface area contributed by atoms with Crippen LogP contribution in [-0.2, 0) is 16.6 Å². The highest BCUT2D eigenvalue weighted by atomic mass is 16.3. The van der Waals surface area contributed by atoms with Crippen molar-refractivity contribution >= 4 is 5.78 Å². The quantitative estimate of drug-likeness (QED) is 0.564. The van der Waals surface area contributed by atoms with E-state index in [4.69, 9.17) is 6.85 Å². The van der Waals surface area contributed by atoms with E-state index in [1.807, 2.05) is 0 Å². The molecule has 3 atom stereocenters. The molecule has 3 N–H and O–H groups in total. The van der Waals surface area contributed by atoms with Crippen molar-refractivity contribution in [2.24, 2.45) is 0 Å². The number of rotatable bonds is 2. The molecule has 24 heavy (non-hydrogen) atoms. The number of aliphatic hydroxyl groups is 1. The molecule has 5 nitrogen and oxygen atoms in total. The second-order valence-corrected chi connectivity index (χ2v) is 6.75. The highest BCUT2D eigenvalue weighted by molar-refractivity contribution is 5.93. The Morgan fingerprint density at radius 2 is 2.38 bits per heavy atom. The maximum Gasteiger partial charge on any atom is 0.161 e. The second-order valence-electron chi connectivity index (χ2n) is 6.75. The Hall–Kier alpha value is -2.11. The number of hydrogen-bond acceptors (Lipinski definition) is 5. The number of ketones is 1. The van der Waals surface area contributed by atoms with E-state index in [9.17, 15) is 20.1 Å². The molecule has 2 aliphatic carbocycles. The van der Waals surface area contributed by atoms with Gasteiger partial charge in [-0.3, -0.25) is 9.69 Å². The molecule has 1 aromatic carbocycles. The third kappa shape index (κ3) is 1.74. The van der Waals surface area contributed by atoms with Crippen LogP contribution in [0.1, 0.15) is 30.8 Å². The first-order chi connectivity index (χ1) is 13.5. The second kappa shape index (κ2) is 4.94. The molecule has 0 spiro atoms. The highest BCUT2D eigenvalue weighted by Crippen LogP contribution is 2.58. The van der Waals surface area contributed by atoms with Crippen molar-refractivity contribution in [3.8, 4) is 11.5 Å². The number of benzene rings is 1. The molecule has 126 valence electrons. The van der Waals surface area contributed by atoms with E-state index in [1.54, 1.807) is 6.07 Å². The first-order valence-corrected chi connectivity index (χ1v) is 7.86. The van der Waals surface area contributed by atoms with E-state index < -0.39 is 36.1 Å². The molecular formula is C19H21NO4. The summed E-state index contributed by atoms with van der Waals surface area (Å²) in [6.45, 7) is -3.39. The summed E-state index contributed by atoms with van der Waals surface area (Å²) in [5.74, 6) is -0.996. The minimum Gasteiger partial charge on any atom is -0.504 e. The standard InChI is InChI=1S/C19H21NO4/c1-2-8-20-9-7-18-11-13(21)5-6-19(18,24)15(20)10-12-3-4-14(22)17(23)16(12)18/h2-6,15,22-24H,1,7-11H2/t15-,18-,19-/m1/s1/i1D2,2D,8D2. The third-order valence-corrected chi connectivity index (χ3v) is 5.76. The molecule has 1 aromatic rings. The van der Waals surface area contributed by atoms with E-state index in [0.29, 0.717) is 11.1 Å². The Bertz CT molecular complexity index is 974. The summed E-state index contributed by atoms with van der Waals surface area (Å²) in [5, 5.41) is 32.4. The smallest absolute Gasteiger partial charge is 0.161 e. The van der Waals surface area contributed by atoms with Gasteiger partial charge >= 0.3 is 0 Å². The molecule has 1 heterocycles. The van der Waals surface area contributed by atoms with Crippen LogP contribution in [0.4, 0.5) is 0 Å². The summed E-state index contributed by atoms with van der Waals surface area (Å²) < 4.78 is 39.4. The van der Waals surface area contributed by atoms with Crippen molar-refractivity contribution in [1.29, 1.82) is 0 Å². The molecule has 1 aliphatic heterocycles. The number of fused-ring (bicyclic) bond motifs is 1. The number of nitrogens with zero attached hydrogens (tertiary/aromatic N) is 1. The Morgan fingerprint density at radius 1 is 1.54 bits per heavy atom. The first kappa shape index (κ1) is 10.7. The van der Waals surface area contributed by atoms with Crippen LogP contribution in [0.2, 0.25) is 0 Å². The minimum absolute atomic E-state index is 0.0330. The lowest BCUT2D eigenvalue weighted by atomic mass is 9.51. The van der Waals surface area contributed by atoms with Gasteiger partial charge < -0.3 is 15.3 Å². The van der Waals surface area contributed by atoms with Gasteiger partial charge in [-0.1, -0.05) is 12.1 Å². The number of phenolic OH excluding ortho intramolecular Hbond substituents is 2. The molecule has 2 bridgehead atoms. The zero-order valence-corrected chi connectivity index (χ0v) is 12.9. The summed E-state index contributed by atoms with van der Waals surface area (Å²) in [7, 11) is 0. The van der Waals surface area contributed by atoms with Gasteiger partial charge in [0.25, 0.3) is 0 Å². The van der Waals surface area contributed by atoms with Crippen molar-refractivity contribution in [2.75, 3.05) is 13.0 Å². The van der Waals surface area contributed by atoms with Crippen LogP contribution in [0, 0.1) is 0 Å². The number of aromatic hydroxyl groups is 2. The third-order valence-electron chi connectivity index (χ3n) is 5.76. The fourth-order valence-corrected chi connectivity index (χ4v) is 4.72. The lowest BCUT2D eigenvalue weighted by molar-refractivity contribution is -0.137. The highest BCUT2D eigenvalue weighted by Gasteiger charge is 2.64. The van der Waals surface area contributed by atoms with Crippen LogP contribution in [0.3, 0.4) is 0 Å². The number of hydrogen-bond donors (Lipinski definition) is 3. The molecule has 4 rings (SSSR count). The van der Waals surface area contributed by atoms with Crippen LogP contribution >= 0.6 is 0 Å². The predicted octanol–water partition coefficient (Wildman–Crippen LogP) is 1.41. The molecule has 0 aromatic heterocycles. The molecule has 0 saturated carbocycles. The molecule has 0 amide bonds. The van der Waals surface area contributed by atoms with Gasteiger partial charge in [0.2, 0.25) is 0 Å². The molecular weight excluding hydrogens is 306 g/mol. The fourth-order valence-electron chi connectivity index (χ4n) is 4.72. The summed E-state index contributed by atoms with van der Waals surface area (Å²) >= 11 is 0. The van der Waals surface area contributed by atoms with Gasteiger partial charge in [-0.2, -0.15) is 0 Å². The van der Waals surface area contributed by atoms with E-state index >= 15 is 0 Å². The lowest BCUT2D eigenvalue weighted by Crippen LogP contribution is -2.71. The van der Waals surface area contributed by atoms with Crippen LogP contribution < -0.4 is 0 Å². The summed E-state index contributed by atoms with van der Waals surface area (Å²) in [4.78, 5) is 13.6. The first-order valence-electron chi connectivity index (χ1n) is 10.4. The topological polar surface area (TPSA) is 81.0 Å². The monoisotopic (exact) mass is 332 g/mol. The van der Waals surface area contributed by atoms with Crippen LogP contribution in [-0.4, -0.2) is 50.7 Å². The normalized spacial score (nSPS) is 38.0. The average Bonchev–Trinajstić information content (AvgIpc) is 2.64. The van der Waals surface area contributed by atoms with E-state index in [-0.39, 0.29) is 43.1 Å². The Balaban J connectivity index is 1.96. The molecule has 1 fully saturated rings. The predicted molar refractivity (Wildman–Crippen MR) is 89.0 cm³/mol. The Morgan fingerprint density at radius 3 is 3.17 bits per heavy atom. The molecule has 0 radical (unpaired) electrons. The number of allylic oxidation sites excluding steroid dienone is 1. The van der Waals surface area contributed by atoms with Gasteiger partial charge in [0.05, 0.1) is 4.11 Å². The molecule has 3 aliphatic rings. The molecule has 1 saturated heterocycles. The van der Waals surface area contributed by atoms with Crippen molar-refractivity contribution < 1.29 is 27.0 Å². The van der Waals surface area contributed by atoms with Crippen LogP contribution in [0.25, 0.3) is 0 Å². The van der Waals surface area contributed by atoms with E-state index in [1.165, 1.54) is 23.1 Å². The zero-order valence-electron chi connectivity index (χ0n) is 17.9. The number of phenols is 2. The maximum atomic E-state index is 12.3. The van der Waals surface area contributed by atoms with Gasteiger partial charge in [0.1, 0.15) is 5.60 Å². The zero-order chi connectivity index (χ0) is 21.4. The largest absolute Gasteiger partial charge is 0.504 e. The summed E-state index contributed by atoms with van der Waals surface area (Å²) in [5.41, 5.74) is -2.11. The minimum atomic E-state index is -2.48. The maximum absolute atomic E-state index is 12.3. The number of carbonyl (C=O) groups is 1. The van der Waals surface area contributed by atoms with Gasteiger partial charge in [-0.25, -0.2) is 0 Å². The van der Waals surface area contributed by atoms with Crippen LogP contribution in [0.5, 0.6) is 11.5 Å². The molecule has 5 heteroatoms. The van der Waals surface area contributed by atoms with E-state index in [2.05, 4.69) is 0 Å². The molecule has 0 unspecified atom stereocenters. The fraction of sp³-hybridized carbons (Fsp3) is 0.421. The van der Waals surface area contributed by atoms with Crippen molar-refractivity contribution in [3.05, 3.63) is 48.0 Å². The van der Waals surface area contributed by atoms with Gasteiger partial charge in [0.15, 0.2) is 17.3 Å². The van der Waals surface area contributed by atoms with Gasteiger partial charge in [0, 0.05) is 32.7 Å². The van der Waals surface area contributed by atoms with Crippen molar-refractivity contribution in [1.82, 2.24) is 4.90 Å². The Kier molecular flexibility index (Phi) is 2.20. The summed E-state index contributed by atoms with van der Waals surface area (Å²) in [6, 6.07) is 1.18. The number of likely N-dealkylation sites (tertiary alicyclic amines) is 1. The average molecular weight is 332 g/mol. The lowest BCUT2D eigenvalue weighted by Gasteiger charge is -2.61.